The summed E-state index contributed by atoms with van der Waals surface area (Å²) in [4.78, 5) is 6.64. The van der Waals surface area contributed by atoms with Gasteiger partial charge in [0.05, 0.1) is 23.9 Å². The molecule has 1 aromatic rings. The number of nitrogens with zero attached hydrogens (tertiary/aromatic N) is 4. The molecule has 2 heterocycles. The van der Waals surface area contributed by atoms with Gasteiger partial charge in [-0.1, -0.05) is 11.2 Å². The van der Waals surface area contributed by atoms with E-state index in [1.165, 1.54) is 6.20 Å². The van der Waals surface area contributed by atoms with Crippen LogP contribution in [0.1, 0.15) is 39.4 Å². The fourth-order valence-electron chi connectivity index (χ4n) is 2.19. The summed E-state index contributed by atoms with van der Waals surface area (Å²) in [5.41, 5.74) is 8.37. The summed E-state index contributed by atoms with van der Waals surface area (Å²) < 4.78 is 11.9. The summed E-state index contributed by atoms with van der Waals surface area (Å²) in [6.07, 6.45) is 0.619. The van der Waals surface area contributed by atoms with E-state index in [1.807, 2.05) is 27.7 Å². The minimum Gasteiger partial charge on any atom is -0.399 e. The van der Waals surface area contributed by atoms with Gasteiger partial charge >= 0.3 is 7.12 Å². The maximum absolute atomic E-state index is 10.1. The molecule has 2 N–H and O–H groups in total. The van der Waals surface area contributed by atoms with Crippen molar-refractivity contribution in [3.63, 3.8) is 0 Å². The minimum atomic E-state index is -1.21. The largest absolute Gasteiger partial charge is 0.496 e. The van der Waals surface area contributed by atoms with Crippen molar-refractivity contribution in [2.45, 2.75) is 51.1 Å². The molecule has 0 radical (unpaired) electrons. The molecule has 1 aliphatic heterocycles. The molecule has 2 rings (SSSR count). The Morgan fingerprint density at radius 1 is 1.26 bits per heavy atom. The monoisotopic (exact) mass is 320 g/mol. The maximum Gasteiger partial charge on any atom is 0.496 e. The summed E-state index contributed by atoms with van der Waals surface area (Å²) in [6, 6.07) is 1.67. The summed E-state index contributed by atoms with van der Waals surface area (Å²) >= 11 is 0. The predicted molar refractivity (Wildman–Crippen MR) is 84.9 cm³/mol. The van der Waals surface area contributed by atoms with Crippen LogP contribution in [0.25, 0.3) is 10.4 Å². The van der Waals surface area contributed by atoms with Crippen LogP contribution in [0.4, 0.5) is 0 Å². The first-order chi connectivity index (χ1) is 10.7. The van der Waals surface area contributed by atoms with Crippen LogP contribution < -0.4 is 5.46 Å². The van der Waals surface area contributed by atoms with Gasteiger partial charge in [0, 0.05) is 28.3 Å². The second-order valence-electron chi connectivity index (χ2n) is 6.57. The Bertz CT molecular complexity index is 603. The second kappa shape index (κ2) is 6.47. The van der Waals surface area contributed by atoms with Gasteiger partial charge in [-0.2, -0.15) is 0 Å². The number of aliphatic hydroxyl groups is 2. The molecule has 1 aromatic heterocycles. The standard InChI is InChI=1S/C14H21BN4O4/c1-13(2)14(3,4)23-15(22-13)10-5-9(6-17-7-10)12(21)11(20)8-18-19-16/h5-7,11-12,20-21H,8H2,1-4H3. The number of hydrogen-bond donors (Lipinski definition) is 2. The Hall–Kier alpha value is -1.64. The smallest absolute Gasteiger partial charge is 0.399 e. The number of pyridine rings is 1. The van der Waals surface area contributed by atoms with Crippen LogP contribution in [-0.2, 0) is 9.31 Å². The Balaban J connectivity index is 2.19. The lowest BCUT2D eigenvalue weighted by molar-refractivity contribution is 0.00578. The van der Waals surface area contributed by atoms with Crippen molar-refractivity contribution >= 4 is 12.6 Å². The maximum atomic E-state index is 10.1. The molecule has 0 aliphatic carbocycles. The van der Waals surface area contributed by atoms with Crippen molar-refractivity contribution in [3.8, 4) is 0 Å². The molecule has 0 saturated carbocycles. The van der Waals surface area contributed by atoms with Gasteiger partial charge in [0.25, 0.3) is 0 Å². The fraction of sp³-hybridized carbons (Fsp3) is 0.643. The van der Waals surface area contributed by atoms with Crippen LogP contribution >= 0.6 is 0 Å². The van der Waals surface area contributed by atoms with Gasteiger partial charge in [0.2, 0.25) is 0 Å². The van der Waals surface area contributed by atoms with E-state index >= 15 is 0 Å². The summed E-state index contributed by atoms with van der Waals surface area (Å²) in [6.45, 7) is 7.56. The van der Waals surface area contributed by atoms with Gasteiger partial charge in [0.15, 0.2) is 0 Å². The minimum absolute atomic E-state index is 0.224. The molecule has 1 saturated heterocycles. The summed E-state index contributed by atoms with van der Waals surface area (Å²) in [5.74, 6) is 0. The number of azide groups is 1. The molecular weight excluding hydrogens is 299 g/mol. The fourth-order valence-corrected chi connectivity index (χ4v) is 2.19. The van der Waals surface area contributed by atoms with Crippen molar-refractivity contribution in [2.75, 3.05) is 6.54 Å². The quantitative estimate of drug-likeness (QED) is 0.364. The molecule has 23 heavy (non-hydrogen) atoms. The lowest BCUT2D eigenvalue weighted by Crippen LogP contribution is -2.41. The van der Waals surface area contributed by atoms with E-state index in [-0.39, 0.29) is 6.54 Å². The lowest BCUT2D eigenvalue weighted by Gasteiger charge is -2.32. The SMILES string of the molecule is CC1(C)OB(c2cncc(C(O)C(O)CN=[N+]=[N-])c2)OC1(C)C. The van der Waals surface area contributed by atoms with E-state index in [1.54, 1.807) is 12.3 Å². The molecule has 124 valence electrons. The van der Waals surface area contributed by atoms with Crippen molar-refractivity contribution < 1.29 is 19.5 Å². The van der Waals surface area contributed by atoms with E-state index in [4.69, 9.17) is 14.8 Å². The topological polar surface area (TPSA) is 121 Å². The van der Waals surface area contributed by atoms with E-state index in [0.717, 1.165) is 0 Å². The first kappa shape index (κ1) is 17.7. The van der Waals surface area contributed by atoms with E-state index in [9.17, 15) is 10.2 Å². The first-order valence-electron chi connectivity index (χ1n) is 7.35. The van der Waals surface area contributed by atoms with Gasteiger partial charge in [0.1, 0.15) is 6.10 Å². The molecule has 0 spiro atoms. The van der Waals surface area contributed by atoms with Crippen LogP contribution in [0.15, 0.2) is 23.6 Å². The second-order valence-corrected chi connectivity index (χ2v) is 6.57. The number of aliphatic hydroxyl groups excluding tert-OH is 2. The summed E-state index contributed by atoms with van der Waals surface area (Å²) in [7, 11) is -0.603. The average molecular weight is 320 g/mol. The molecule has 1 fully saturated rings. The van der Waals surface area contributed by atoms with Gasteiger partial charge in [-0.3, -0.25) is 4.98 Å². The zero-order valence-electron chi connectivity index (χ0n) is 13.7. The highest BCUT2D eigenvalue weighted by molar-refractivity contribution is 6.62. The van der Waals surface area contributed by atoms with Gasteiger partial charge in [-0.25, -0.2) is 0 Å². The molecule has 2 atom stereocenters. The predicted octanol–water partition coefficient (Wildman–Crippen LogP) is 1.09. The molecule has 2 unspecified atom stereocenters. The highest BCUT2D eigenvalue weighted by atomic mass is 16.7. The molecule has 0 amide bonds. The Morgan fingerprint density at radius 2 is 1.87 bits per heavy atom. The Morgan fingerprint density at radius 3 is 2.43 bits per heavy atom. The third kappa shape index (κ3) is 3.65. The highest BCUT2D eigenvalue weighted by Gasteiger charge is 2.51. The molecular formula is C14H21BN4O4. The third-order valence-electron chi connectivity index (χ3n) is 4.34. The van der Waals surface area contributed by atoms with Crippen molar-refractivity contribution in [1.82, 2.24) is 4.98 Å². The van der Waals surface area contributed by atoms with Crippen molar-refractivity contribution in [2.24, 2.45) is 5.11 Å². The molecule has 8 nitrogen and oxygen atoms in total. The van der Waals surface area contributed by atoms with E-state index < -0.39 is 30.5 Å². The molecule has 9 heteroatoms. The van der Waals surface area contributed by atoms with Gasteiger partial charge in [-0.05, 0) is 33.2 Å². The van der Waals surface area contributed by atoms with E-state index in [0.29, 0.717) is 11.0 Å². The third-order valence-corrected chi connectivity index (χ3v) is 4.34. The molecule has 0 aromatic carbocycles. The van der Waals surface area contributed by atoms with Crippen LogP contribution in [0.2, 0.25) is 0 Å². The Kier molecular flexibility index (Phi) is 4.98. The summed E-state index contributed by atoms with van der Waals surface area (Å²) in [5, 5.41) is 23.2. The zero-order chi connectivity index (χ0) is 17.3. The Labute approximate surface area is 135 Å². The molecule has 0 bridgehead atoms. The van der Waals surface area contributed by atoms with Crippen LogP contribution in [0.3, 0.4) is 0 Å². The average Bonchev–Trinajstić information content (AvgIpc) is 2.72. The zero-order valence-corrected chi connectivity index (χ0v) is 13.7. The van der Waals surface area contributed by atoms with Crippen molar-refractivity contribution in [1.29, 1.82) is 0 Å². The van der Waals surface area contributed by atoms with Crippen LogP contribution in [0, 0.1) is 0 Å². The number of hydrogen-bond acceptors (Lipinski definition) is 6. The van der Waals surface area contributed by atoms with Crippen LogP contribution in [0.5, 0.6) is 0 Å². The highest BCUT2D eigenvalue weighted by Crippen LogP contribution is 2.36. The van der Waals surface area contributed by atoms with Gasteiger partial charge < -0.3 is 19.5 Å². The molecule has 1 aliphatic rings. The lowest BCUT2D eigenvalue weighted by atomic mass is 9.79. The normalized spacial score (nSPS) is 21.6. The van der Waals surface area contributed by atoms with Crippen LogP contribution in [-0.4, -0.2) is 46.2 Å². The van der Waals surface area contributed by atoms with Crippen molar-refractivity contribution in [3.05, 3.63) is 34.5 Å². The van der Waals surface area contributed by atoms with Gasteiger partial charge in [-0.15, -0.1) is 0 Å². The number of aromatic nitrogens is 1. The van der Waals surface area contributed by atoms with E-state index in [2.05, 4.69) is 15.0 Å². The first-order valence-corrected chi connectivity index (χ1v) is 7.35. The number of rotatable bonds is 5.